The number of hydrogen-bond donors (Lipinski definition) is 1. The minimum atomic E-state index is -0.296. The van der Waals surface area contributed by atoms with Gasteiger partial charge >= 0.3 is 0 Å². The van der Waals surface area contributed by atoms with E-state index in [1.165, 1.54) is 12.1 Å². The van der Waals surface area contributed by atoms with E-state index in [9.17, 15) is 9.18 Å². The summed E-state index contributed by atoms with van der Waals surface area (Å²) in [5, 5.41) is 11.7. The van der Waals surface area contributed by atoms with Crippen molar-refractivity contribution < 1.29 is 9.18 Å². The van der Waals surface area contributed by atoms with Gasteiger partial charge in [0.2, 0.25) is 0 Å². The van der Waals surface area contributed by atoms with E-state index in [-0.39, 0.29) is 17.6 Å². The van der Waals surface area contributed by atoms with Gasteiger partial charge < -0.3 is 4.90 Å². The fourth-order valence-corrected chi connectivity index (χ4v) is 3.86. The van der Waals surface area contributed by atoms with Crippen LogP contribution in [0.4, 0.5) is 4.39 Å². The largest absolute Gasteiger partial charge is 0.338 e. The van der Waals surface area contributed by atoms with E-state index < -0.39 is 0 Å². The molecule has 1 aliphatic rings. The van der Waals surface area contributed by atoms with Gasteiger partial charge in [0.05, 0.1) is 23.1 Å². The Kier molecular flexibility index (Phi) is 5.42. The van der Waals surface area contributed by atoms with Gasteiger partial charge in [-0.2, -0.15) is 10.2 Å². The summed E-state index contributed by atoms with van der Waals surface area (Å²) in [5.41, 5.74) is 2.20. The number of likely N-dealkylation sites (tertiary alicyclic amines) is 1. The molecule has 0 spiro atoms. The van der Waals surface area contributed by atoms with Gasteiger partial charge in [0.15, 0.2) is 5.82 Å². The number of halogens is 1. The zero-order chi connectivity index (χ0) is 20.4. The normalized spacial score (nSPS) is 15.1. The van der Waals surface area contributed by atoms with Gasteiger partial charge in [0.25, 0.3) is 5.91 Å². The third-order valence-corrected chi connectivity index (χ3v) is 5.54. The molecular formula is C21H25FN6O. The van der Waals surface area contributed by atoms with Crippen LogP contribution in [0.2, 0.25) is 0 Å². The van der Waals surface area contributed by atoms with Crippen molar-refractivity contribution in [2.75, 3.05) is 13.1 Å². The summed E-state index contributed by atoms with van der Waals surface area (Å²) in [4.78, 5) is 19.6. The van der Waals surface area contributed by atoms with Crippen LogP contribution in [-0.4, -0.2) is 48.9 Å². The van der Waals surface area contributed by atoms with E-state index in [4.69, 9.17) is 0 Å². The molecule has 3 aromatic rings. The average Bonchev–Trinajstić information content (AvgIpc) is 3.41. The van der Waals surface area contributed by atoms with Crippen LogP contribution in [0.3, 0.4) is 0 Å². The highest BCUT2D eigenvalue weighted by Crippen LogP contribution is 2.27. The molecule has 0 saturated carbocycles. The van der Waals surface area contributed by atoms with Crippen LogP contribution in [-0.2, 0) is 12.8 Å². The Labute approximate surface area is 169 Å². The van der Waals surface area contributed by atoms with Crippen molar-refractivity contribution in [1.29, 1.82) is 0 Å². The molecule has 3 heterocycles. The SMILES string of the molecule is CCc1nc(C2CCN(C(=O)c3cnn(-c4ccc(F)cc4)c3CC)CC2)n[nH]1. The minimum absolute atomic E-state index is 0.00195. The van der Waals surface area contributed by atoms with Gasteiger partial charge in [-0.1, -0.05) is 13.8 Å². The highest BCUT2D eigenvalue weighted by Gasteiger charge is 2.29. The molecule has 0 atom stereocenters. The number of aryl methyl sites for hydroxylation is 1. The first-order valence-electron chi connectivity index (χ1n) is 10.1. The van der Waals surface area contributed by atoms with Gasteiger partial charge in [-0.3, -0.25) is 9.89 Å². The van der Waals surface area contributed by atoms with Crippen LogP contribution < -0.4 is 0 Å². The molecule has 152 valence electrons. The Bertz CT molecular complexity index is 985. The molecule has 1 fully saturated rings. The smallest absolute Gasteiger partial charge is 0.257 e. The quantitative estimate of drug-likeness (QED) is 0.718. The number of hydrogen-bond acceptors (Lipinski definition) is 4. The van der Waals surface area contributed by atoms with Crippen LogP contribution >= 0.6 is 0 Å². The summed E-state index contributed by atoms with van der Waals surface area (Å²) < 4.78 is 15.0. The molecule has 8 heteroatoms. The number of carbonyl (C=O) groups excluding carboxylic acids is 1. The lowest BCUT2D eigenvalue weighted by molar-refractivity contribution is 0.0710. The summed E-state index contributed by atoms with van der Waals surface area (Å²) in [7, 11) is 0. The van der Waals surface area contributed by atoms with E-state index >= 15 is 0 Å². The molecule has 1 aromatic carbocycles. The maximum atomic E-state index is 13.2. The number of benzene rings is 1. The second-order valence-electron chi connectivity index (χ2n) is 7.31. The number of carbonyl (C=O) groups is 1. The highest BCUT2D eigenvalue weighted by atomic mass is 19.1. The van der Waals surface area contributed by atoms with Gasteiger partial charge in [-0.15, -0.1) is 0 Å². The molecule has 0 aliphatic carbocycles. The van der Waals surface area contributed by atoms with Gasteiger partial charge in [-0.25, -0.2) is 14.1 Å². The first-order chi connectivity index (χ1) is 14.1. The molecule has 1 amide bonds. The van der Waals surface area contributed by atoms with Crippen LogP contribution in [0.25, 0.3) is 5.69 Å². The summed E-state index contributed by atoms with van der Waals surface area (Å²) in [6.07, 6.45) is 4.81. The lowest BCUT2D eigenvalue weighted by Gasteiger charge is -2.30. The zero-order valence-electron chi connectivity index (χ0n) is 16.7. The van der Waals surface area contributed by atoms with Gasteiger partial charge in [0, 0.05) is 25.4 Å². The van der Waals surface area contributed by atoms with E-state index in [0.29, 0.717) is 25.1 Å². The van der Waals surface area contributed by atoms with Crippen LogP contribution in [0, 0.1) is 5.82 Å². The number of rotatable bonds is 5. The fourth-order valence-electron chi connectivity index (χ4n) is 3.86. The van der Waals surface area contributed by atoms with E-state index in [0.717, 1.165) is 42.3 Å². The van der Waals surface area contributed by atoms with Crippen LogP contribution in [0.1, 0.15) is 60.3 Å². The summed E-state index contributed by atoms with van der Waals surface area (Å²) in [5.74, 6) is 1.74. The van der Waals surface area contributed by atoms with E-state index in [1.54, 1.807) is 23.0 Å². The molecule has 7 nitrogen and oxygen atoms in total. The zero-order valence-corrected chi connectivity index (χ0v) is 16.7. The number of amides is 1. The number of nitrogens with one attached hydrogen (secondary N) is 1. The lowest BCUT2D eigenvalue weighted by atomic mass is 9.95. The van der Waals surface area contributed by atoms with Gasteiger partial charge in [-0.05, 0) is 43.5 Å². The molecule has 0 unspecified atom stereocenters. The van der Waals surface area contributed by atoms with Crippen molar-refractivity contribution in [3.05, 3.63) is 59.2 Å². The second-order valence-corrected chi connectivity index (χ2v) is 7.31. The molecule has 4 rings (SSSR count). The Morgan fingerprint density at radius 2 is 1.90 bits per heavy atom. The van der Waals surface area contributed by atoms with Crippen molar-refractivity contribution in [3.8, 4) is 5.69 Å². The maximum Gasteiger partial charge on any atom is 0.257 e. The van der Waals surface area contributed by atoms with Crippen molar-refractivity contribution >= 4 is 5.91 Å². The molecule has 1 saturated heterocycles. The van der Waals surface area contributed by atoms with Crippen molar-refractivity contribution in [2.45, 2.75) is 45.4 Å². The molecule has 1 aliphatic heterocycles. The van der Waals surface area contributed by atoms with E-state index in [2.05, 4.69) is 20.3 Å². The second kappa shape index (κ2) is 8.14. The molecular weight excluding hydrogens is 371 g/mol. The van der Waals surface area contributed by atoms with Crippen molar-refractivity contribution in [2.24, 2.45) is 0 Å². The standard InChI is InChI=1S/C21H25FN6O/c1-3-18-17(13-23-28(18)16-7-5-15(22)6-8-16)21(29)27-11-9-14(10-12-27)20-24-19(4-2)25-26-20/h5-8,13-14H,3-4,9-12H2,1-2H3,(H,24,25,26). The molecule has 29 heavy (non-hydrogen) atoms. The number of nitrogens with zero attached hydrogens (tertiary/aromatic N) is 5. The molecule has 0 radical (unpaired) electrons. The predicted molar refractivity (Wildman–Crippen MR) is 107 cm³/mol. The number of aromatic nitrogens is 5. The number of piperidine rings is 1. The molecule has 2 aromatic heterocycles. The monoisotopic (exact) mass is 396 g/mol. The Balaban J connectivity index is 1.48. The van der Waals surface area contributed by atoms with Crippen LogP contribution in [0.15, 0.2) is 30.5 Å². The van der Waals surface area contributed by atoms with E-state index in [1.807, 2.05) is 18.7 Å². The Morgan fingerprint density at radius 3 is 2.52 bits per heavy atom. The third kappa shape index (κ3) is 3.79. The maximum absolute atomic E-state index is 13.2. The predicted octanol–water partition coefficient (Wildman–Crippen LogP) is 3.27. The first kappa shape index (κ1) is 19.3. The molecule has 0 bridgehead atoms. The van der Waals surface area contributed by atoms with Crippen LogP contribution in [0.5, 0.6) is 0 Å². The topological polar surface area (TPSA) is 79.7 Å². The minimum Gasteiger partial charge on any atom is -0.338 e. The average molecular weight is 396 g/mol. The number of H-pyrrole nitrogens is 1. The number of aromatic amines is 1. The lowest BCUT2D eigenvalue weighted by Crippen LogP contribution is -2.38. The molecule has 1 N–H and O–H groups in total. The van der Waals surface area contributed by atoms with Crippen molar-refractivity contribution in [3.63, 3.8) is 0 Å². The van der Waals surface area contributed by atoms with Crippen molar-refractivity contribution in [1.82, 2.24) is 29.9 Å². The summed E-state index contributed by atoms with van der Waals surface area (Å²) in [6, 6.07) is 6.14. The fraction of sp³-hybridized carbons (Fsp3) is 0.429. The Hall–Kier alpha value is -3.03. The first-order valence-corrected chi connectivity index (χ1v) is 10.1. The highest BCUT2D eigenvalue weighted by molar-refractivity contribution is 5.95. The summed E-state index contributed by atoms with van der Waals surface area (Å²) >= 11 is 0. The third-order valence-electron chi connectivity index (χ3n) is 5.54. The Morgan fingerprint density at radius 1 is 1.17 bits per heavy atom. The van der Waals surface area contributed by atoms with Gasteiger partial charge in [0.1, 0.15) is 11.6 Å². The summed E-state index contributed by atoms with van der Waals surface area (Å²) in [6.45, 7) is 5.38.